The van der Waals surface area contributed by atoms with Crippen LogP contribution >= 0.6 is 0 Å². The molecule has 0 radical (unpaired) electrons. The number of anilines is 1. The Hall–Kier alpha value is -2.31. The minimum absolute atomic E-state index is 0.0130. The van der Waals surface area contributed by atoms with Gasteiger partial charge in [-0.2, -0.15) is 0 Å². The van der Waals surface area contributed by atoms with Crippen LogP contribution in [0, 0.1) is 6.92 Å². The van der Waals surface area contributed by atoms with E-state index in [1.807, 2.05) is 42.2 Å². The molecule has 2 aromatic rings. The monoisotopic (exact) mass is 453 g/mol. The fourth-order valence-corrected chi connectivity index (χ4v) is 4.68. The van der Waals surface area contributed by atoms with E-state index in [1.165, 1.54) is 18.4 Å². The lowest BCUT2D eigenvalue weighted by Crippen LogP contribution is -2.32. The van der Waals surface area contributed by atoms with Gasteiger partial charge in [-0.25, -0.2) is 0 Å². The van der Waals surface area contributed by atoms with Crippen LogP contribution in [-0.2, 0) is 9.53 Å². The largest absolute Gasteiger partial charge is 0.481 e. The highest BCUT2D eigenvalue weighted by molar-refractivity contribution is 6.76. The van der Waals surface area contributed by atoms with Gasteiger partial charge in [0.05, 0.1) is 0 Å². The van der Waals surface area contributed by atoms with E-state index in [0.29, 0.717) is 13.0 Å². The van der Waals surface area contributed by atoms with Gasteiger partial charge in [0, 0.05) is 33.3 Å². The molecule has 1 saturated heterocycles. The smallest absolute Gasteiger partial charge is 0.268 e. The van der Waals surface area contributed by atoms with Crippen molar-refractivity contribution in [3.63, 3.8) is 0 Å². The average Bonchev–Trinajstić information content (AvgIpc) is 3.53. The van der Waals surface area contributed by atoms with E-state index < -0.39 is 14.2 Å². The van der Waals surface area contributed by atoms with Gasteiger partial charge in [0.2, 0.25) is 0 Å². The van der Waals surface area contributed by atoms with Gasteiger partial charge < -0.3 is 19.1 Å². The van der Waals surface area contributed by atoms with Crippen molar-refractivity contribution in [2.45, 2.75) is 63.9 Å². The Labute approximate surface area is 192 Å². The second kappa shape index (κ2) is 9.67. The van der Waals surface area contributed by atoms with Crippen LogP contribution in [0.4, 0.5) is 5.69 Å². The third-order valence-corrected chi connectivity index (χ3v) is 7.83. The number of benzene rings is 2. The SMILES string of the molecule is Cc1cc(N2CCC(Oc3ccc(C4CC4)cc3)C2=O)ccc1OCOCC[Si](C)(C)C. The predicted octanol–water partition coefficient (Wildman–Crippen LogP) is 5.75. The maximum absolute atomic E-state index is 13.0. The zero-order valence-electron chi connectivity index (χ0n) is 19.7. The highest BCUT2D eigenvalue weighted by Crippen LogP contribution is 2.40. The summed E-state index contributed by atoms with van der Waals surface area (Å²) >= 11 is 0. The van der Waals surface area contributed by atoms with E-state index >= 15 is 0 Å². The normalized spacial score (nSPS) is 18.8. The van der Waals surface area contributed by atoms with Crippen LogP contribution in [0.3, 0.4) is 0 Å². The first kappa shape index (κ1) is 22.9. The number of ether oxygens (including phenoxy) is 3. The molecule has 1 atom stereocenters. The average molecular weight is 454 g/mol. The summed E-state index contributed by atoms with van der Waals surface area (Å²) in [4.78, 5) is 14.8. The van der Waals surface area contributed by atoms with E-state index in [2.05, 4.69) is 31.8 Å². The second-order valence-corrected chi connectivity index (χ2v) is 15.8. The molecule has 0 N–H and O–H groups in total. The number of hydrogen-bond donors (Lipinski definition) is 0. The van der Waals surface area contributed by atoms with E-state index in [-0.39, 0.29) is 12.7 Å². The molecule has 1 saturated carbocycles. The van der Waals surface area contributed by atoms with Crippen LogP contribution < -0.4 is 14.4 Å². The van der Waals surface area contributed by atoms with Gasteiger partial charge in [-0.05, 0) is 73.2 Å². The summed E-state index contributed by atoms with van der Waals surface area (Å²) in [6.45, 7) is 10.6. The zero-order valence-corrected chi connectivity index (χ0v) is 20.7. The minimum atomic E-state index is -1.09. The van der Waals surface area contributed by atoms with Crippen LogP contribution in [0.5, 0.6) is 11.5 Å². The van der Waals surface area contributed by atoms with Crippen molar-refractivity contribution in [3.05, 3.63) is 53.6 Å². The number of rotatable bonds is 10. The summed E-state index contributed by atoms with van der Waals surface area (Å²) in [6.07, 6.45) is 2.82. The molecule has 0 aromatic heterocycles. The highest BCUT2D eigenvalue weighted by Gasteiger charge is 2.34. The highest BCUT2D eigenvalue weighted by atomic mass is 28.3. The van der Waals surface area contributed by atoms with Gasteiger partial charge in [-0.3, -0.25) is 4.79 Å². The van der Waals surface area contributed by atoms with Gasteiger partial charge in [0.25, 0.3) is 5.91 Å². The Morgan fingerprint density at radius 2 is 1.78 bits per heavy atom. The first-order valence-electron chi connectivity index (χ1n) is 11.7. The summed E-state index contributed by atoms with van der Waals surface area (Å²) < 4.78 is 17.5. The molecule has 1 unspecified atom stereocenters. The quantitative estimate of drug-likeness (QED) is 0.261. The van der Waals surface area contributed by atoms with Crippen molar-refractivity contribution in [2.75, 3.05) is 24.8 Å². The first-order chi connectivity index (χ1) is 15.3. The second-order valence-electron chi connectivity index (χ2n) is 10.2. The Bertz CT molecular complexity index is 934. The fraction of sp³-hybridized carbons (Fsp3) is 0.500. The minimum Gasteiger partial charge on any atom is -0.481 e. The van der Waals surface area contributed by atoms with Crippen LogP contribution in [0.15, 0.2) is 42.5 Å². The predicted molar refractivity (Wildman–Crippen MR) is 131 cm³/mol. The molecule has 0 bridgehead atoms. The van der Waals surface area contributed by atoms with Gasteiger partial charge in [-0.1, -0.05) is 31.8 Å². The Morgan fingerprint density at radius 3 is 2.44 bits per heavy atom. The molecule has 1 heterocycles. The fourth-order valence-electron chi connectivity index (χ4n) is 3.92. The topological polar surface area (TPSA) is 48.0 Å². The Morgan fingerprint density at radius 1 is 1.03 bits per heavy atom. The van der Waals surface area contributed by atoms with Gasteiger partial charge in [0.15, 0.2) is 12.9 Å². The molecule has 2 fully saturated rings. The summed E-state index contributed by atoms with van der Waals surface area (Å²) in [5, 5.41) is 0. The maximum Gasteiger partial charge on any atom is 0.268 e. The molecule has 1 aliphatic carbocycles. The molecule has 2 aromatic carbocycles. The van der Waals surface area contributed by atoms with Crippen LogP contribution in [-0.4, -0.2) is 40.0 Å². The van der Waals surface area contributed by atoms with Crippen LogP contribution in [0.25, 0.3) is 0 Å². The van der Waals surface area contributed by atoms with Crippen molar-refractivity contribution in [1.29, 1.82) is 0 Å². The van der Waals surface area contributed by atoms with Crippen LogP contribution in [0.2, 0.25) is 25.7 Å². The van der Waals surface area contributed by atoms with Gasteiger partial charge in [0.1, 0.15) is 11.5 Å². The number of hydrogen-bond acceptors (Lipinski definition) is 4. The third-order valence-electron chi connectivity index (χ3n) is 6.13. The summed E-state index contributed by atoms with van der Waals surface area (Å²) in [5.41, 5.74) is 3.25. The van der Waals surface area contributed by atoms with E-state index in [4.69, 9.17) is 14.2 Å². The van der Waals surface area contributed by atoms with E-state index in [0.717, 1.165) is 41.3 Å². The number of aryl methyl sites for hydroxylation is 1. The lowest BCUT2D eigenvalue weighted by Gasteiger charge is -2.19. The molecule has 2 aliphatic rings. The number of carbonyl (C=O) groups is 1. The first-order valence-corrected chi connectivity index (χ1v) is 15.4. The van der Waals surface area contributed by atoms with Crippen molar-refractivity contribution < 1.29 is 19.0 Å². The lowest BCUT2D eigenvalue weighted by molar-refractivity contribution is -0.122. The van der Waals surface area contributed by atoms with E-state index in [1.54, 1.807) is 0 Å². The molecule has 0 spiro atoms. The molecule has 1 aliphatic heterocycles. The molecule has 4 rings (SSSR count). The number of nitrogens with zero attached hydrogens (tertiary/aromatic N) is 1. The third kappa shape index (κ3) is 5.93. The standard InChI is InChI=1S/C26H35NO4Si/c1-19-17-22(9-12-24(19)30-18-29-15-16-32(2,3)4)27-14-13-25(26(27)28)31-23-10-7-21(8-11-23)20-5-6-20/h7-12,17,20,25H,5-6,13-16,18H2,1-4H3. The number of amides is 1. The maximum atomic E-state index is 13.0. The Kier molecular flexibility index (Phi) is 6.91. The summed E-state index contributed by atoms with van der Waals surface area (Å²) in [6, 6.07) is 15.2. The van der Waals surface area contributed by atoms with Gasteiger partial charge in [-0.15, -0.1) is 0 Å². The summed E-state index contributed by atoms with van der Waals surface area (Å²) in [7, 11) is -1.09. The molecule has 172 valence electrons. The Balaban J connectivity index is 1.29. The summed E-state index contributed by atoms with van der Waals surface area (Å²) in [5.74, 6) is 2.29. The van der Waals surface area contributed by atoms with Crippen molar-refractivity contribution >= 4 is 19.7 Å². The van der Waals surface area contributed by atoms with Crippen molar-refractivity contribution in [1.82, 2.24) is 0 Å². The molecule has 6 heteroatoms. The molecule has 1 amide bonds. The van der Waals surface area contributed by atoms with Crippen molar-refractivity contribution in [3.8, 4) is 11.5 Å². The van der Waals surface area contributed by atoms with Crippen LogP contribution in [0.1, 0.15) is 36.3 Å². The lowest BCUT2D eigenvalue weighted by atomic mass is 10.1. The van der Waals surface area contributed by atoms with Crippen molar-refractivity contribution in [2.24, 2.45) is 0 Å². The zero-order chi connectivity index (χ0) is 22.7. The molecular weight excluding hydrogens is 418 g/mol. The molecule has 5 nitrogen and oxygen atoms in total. The van der Waals surface area contributed by atoms with E-state index in [9.17, 15) is 4.79 Å². The molecule has 32 heavy (non-hydrogen) atoms. The molecular formula is C26H35NO4Si. The van der Waals surface area contributed by atoms with Gasteiger partial charge >= 0.3 is 0 Å². The number of carbonyl (C=O) groups excluding carboxylic acids is 1.